The Kier molecular flexibility index (Phi) is 29.4. The van der Waals surface area contributed by atoms with E-state index in [2.05, 4.69) is 76.2 Å². The van der Waals surface area contributed by atoms with Gasteiger partial charge in [-0.1, -0.05) is 212 Å². The fourth-order valence-corrected chi connectivity index (χ4v) is 9.62. The summed E-state index contributed by atoms with van der Waals surface area (Å²) in [5.74, 6) is 1.96. The average molecular weight is 740 g/mol. The standard InChI is InChI=1S/C48H84O3P/c1-5-9-13-17-21-25-29-37-45-39-31-33-41-47(45)50-52(44-36-28-24-20-16-12-8-4,49-43-35-27-23-19-15-11-7-3)51-48-42-34-32-40-46(48)38-30-26-22-18-14-10-6-2/h31-34,39-42H,5-30,35-38,43-44H2,1-4H3/q+1. The number of para-hydroxylation sites is 2. The lowest BCUT2D eigenvalue weighted by Gasteiger charge is -2.25. The molecule has 2 rings (SSSR count). The summed E-state index contributed by atoms with van der Waals surface area (Å²) in [5.41, 5.74) is 2.61. The first-order chi connectivity index (χ1) is 25.7. The second kappa shape index (κ2) is 32.8. The summed E-state index contributed by atoms with van der Waals surface area (Å²) in [6.45, 7) is 9.89. The van der Waals surface area contributed by atoms with E-state index in [4.69, 9.17) is 13.6 Å². The van der Waals surface area contributed by atoms with Gasteiger partial charge in [0.2, 0.25) is 0 Å². The highest BCUT2D eigenvalue weighted by Gasteiger charge is 2.48. The molecule has 52 heavy (non-hydrogen) atoms. The summed E-state index contributed by atoms with van der Waals surface area (Å²) in [7, 11) is -2.74. The second-order valence-electron chi connectivity index (χ2n) is 15.6. The van der Waals surface area contributed by atoms with Crippen LogP contribution in [-0.4, -0.2) is 12.8 Å². The normalized spacial score (nSPS) is 11.7. The Morgan fingerprint density at radius 1 is 0.365 bits per heavy atom. The van der Waals surface area contributed by atoms with E-state index in [1.807, 2.05) is 0 Å². The van der Waals surface area contributed by atoms with Gasteiger partial charge in [0.25, 0.3) is 0 Å². The molecular weight excluding hydrogens is 655 g/mol. The number of aryl methyl sites for hydroxylation is 2. The molecule has 298 valence electrons. The number of benzene rings is 2. The molecule has 0 bridgehead atoms. The Hall–Kier alpha value is -1.57. The van der Waals surface area contributed by atoms with Crippen LogP contribution in [0.3, 0.4) is 0 Å². The van der Waals surface area contributed by atoms with E-state index >= 15 is 0 Å². The number of hydrogen-bond donors (Lipinski definition) is 0. The van der Waals surface area contributed by atoms with Crippen molar-refractivity contribution in [2.45, 2.75) is 220 Å². The minimum absolute atomic E-state index is 0.706. The van der Waals surface area contributed by atoms with Crippen LogP contribution in [0.2, 0.25) is 0 Å². The van der Waals surface area contributed by atoms with Crippen molar-refractivity contribution in [3.8, 4) is 11.5 Å². The van der Waals surface area contributed by atoms with E-state index in [1.165, 1.54) is 178 Å². The van der Waals surface area contributed by atoms with Crippen molar-refractivity contribution in [2.24, 2.45) is 0 Å². The van der Waals surface area contributed by atoms with E-state index in [1.54, 1.807) is 0 Å². The summed E-state index contributed by atoms with van der Waals surface area (Å²) in [6, 6.07) is 17.5. The number of unbranched alkanes of at least 4 members (excludes halogenated alkanes) is 24. The first-order valence-corrected chi connectivity index (χ1v) is 24.5. The fourth-order valence-electron chi connectivity index (χ4n) is 7.20. The van der Waals surface area contributed by atoms with Gasteiger partial charge in [-0.2, -0.15) is 4.52 Å². The minimum atomic E-state index is -2.74. The highest BCUT2D eigenvalue weighted by Crippen LogP contribution is 2.62. The van der Waals surface area contributed by atoms with Gasteiger partial charge in [0.1, 0.15) is 0 Å². The maximum atomic E-state index is 7.25. The van der Waals surface area contributed by atoms with Crippen molar-refractivity contribution in [1.82, 2.24) is 0 Å². The van der Waals surface area contributed by atoms with Crippen LogP contribution in [0.5, 0.6) is 11.5 Å². The van der Waals surface area contributed by atoms with E-state index in [-0.39, 0.29) is 0 Å². The van der Waals surface area contributed by atoms with Crippen LogP contribution in [0.25, 0.3) is 0 Å². The molecular formula is C48H84O3P+. The molecule has 0 saturated heterocycles. The molecule has 2 aromatic rings. The van der Waals surface area contributed by atoms with Crippen LogP contribution >= 0.6 is 7.94 Å². The van der Waals surface area contributed by atoms with Crippen LogP contribution in [0.4, 0.5) is 0 Å². The van der Waals surface area contributed by atoms with Gasteiger partial charge in [0, 0.05) is 0 Å². The van der Waals surface area contributed by atoms with Crippen molar-refractivity contribution < 1.29 is 13.6 Å². The van der Waals surface area contributed by atoms with Crippen LogP contribution < -0.4 is 9.05 Å². The molecule has 0 heterocycles. The lowest BCUT2D eigenvalue weighted by Crippen LogP contribution is -2.18. The first-order valence-electron chi connectivity index (χ1n) is 22.8. The van der Waals surface area contributed by atoms with Crippen LogP contribution in [-0.2, 0) is 17.4 Å². The molecule has 0 aliphatic carbocycles. The zero-order valence-electron chi connectivity index (χ0n) is 34.9. The molecule has 0 aromatic heterocycles. The molecule has 0 N–H and O–H groups in total. The van der Waals surface area contributed by atoms with Gasteiger partial charge in [0.15, 0.2) is 17.7 Å². The third kappa shape index (κ3) is 22.6. The van der Waals surface area contributed by atoms with Crippen molar-refractivity contribution in [2.75, 3.05) is 12.8 Å². The topological polar surface area (TPSA) is 27.7 Å². The Morgan fingerprint density at radius 3 is 1.10 bits per heavy atom. The van der Waals surface area contributed by atoms with Gasteiger partial charge in [-0.15, -0.1) is 0 Å². The molecule has 0 spiro atoms. The third-order valence-electron chi connectivity index (χ3n) is 10.6. The molecule has 0 saturated carbocycles. The van der Waals surface area contributed by atoms with Gasteiger partial charge in [-0.25, -0.2) is 0 Å². The molecule has 0 unspecified atom stereocenters. The van der Waals surface area contributed by atoms with Gasteiger partial charge in [0.05, 0.1) is 6.61 Å². The highest BCUT2D eigenvalue weighted by atomic mass is 31.2. The summed E-state index contributed by atoms with van der Waals surface area (Å²) >= 11 is 0. The molecule has 0 fully saturated rings. The maximum absolute atomic E-state index is 7.25. The van der Waals surface area contributed by atoms with E-state index < -0.39 is 7.94 Å². The van der Waals surface area contributed by atoms with Crippen molar-refractivity contribution >= 4 is 7.94 Å². The quantitative estimate of drug-likeness (QED) is 0.0510. The molecule has 0 aliphatic rings. The number of hydrogen-bond acceptors (Lipinski definition) is 3. The Balaban J connectivity index is 2.27. The second-order valence-corrected chi connectivity index (χ2v) is 17.8. The molecule has 2 aromatic carbocycles. The van der Waals surface area contributed by atoms with Crippen molar-refractivity contribution in [3.63, 3.8) is 0 Å². The monoisotopic (exact) mass is 740 g/mol. The Bertz CT molecular complexity index is 1010. The maximum Gasteiger partial charge on any atom is 0.497 e. The molecule has 4 heteroatoms. The Labute approximate surface area is 324 Å². The van der Waals surface area contributed by atoms with E-state index in [0.717, 1.165) is 43.3 Å². The number of rotatable bonds is 37. The Morgan fingerprint density at radius 2 is 0.692 bits per heavy atom. The summed E-state index contributed by atoms with van der Waals surface area (Å²) in [4.78, 5) is 0. The molecule has 0 atom stereocenters. The average Bonchev–Trinajstić information content (AvgIpc) is 3.16. The lowest BCUT2D eigenvalue weighted by molar-refractivity contribution is 0.233. The van der Waals surface area contributed by atoms with Crippen LogP contribution in [0, 0.1) is 0 Å². The minimum Gasteiger partial charge on any atom is -0.277 e. The summed E-state index contributed by atoms with van der Waals surface area (Å²) in [5, 5.41) is 0. The van der Waals surface area contributed by atoms with Crippen LogP contribution in [0.15, 0.2) is 48.5 Å². The molecule has 0 aliphatic heterocycles. The predicted octanol–water partition coefficient (Wildman–Crippen LogP) is 17.0. The van der Waals surface area contributed by atoms with Gasteiger partial charge in [-0.05, 0) is 68.2 Å². The van der Waals surface area contributed by atoms with Gasteiger partial charge < -0.3 is 0 Å². The molecule has 0 radical (unpaired) electrons. The zero-order chi connectivity index (χ0) is 37.2. The lowest BCUT2D eigenvalue weighted by atomic mass is 10.0. The largest absolute Gasteiger partial charge is 0.497 e. The summed E-state index contributed by atoms with van der Waals surface area (Å²) in [6.07, 6.45) is 39.1. The van der Waals surface area contributed by atoms with Gasteiger partial charge in [-0.3, -0.25) is 9.05 Å². The third-order valence-corrected chi connectivity index (χ3v) is 13.0. The van der Waals surface area contributed by atoms with Crippen LogP contribution in [0.1, 0.15) is 219 Å². The highest BCUT2D eigenvalue weighted by molar-refractivity contribution is 7.62. The summed E-state index contributed by atoms with van der Waals surface area (Å²) < 4.78 is 21.6. The first kappa shape index (κ1) is 46.6. The molecule has 0 amide bonds. The van der Waals surface area contributed by atoms with Crippen molar-refractivity contribution in [3.05, 3.63) is 59.7 Å². The fraction of sp³-hybridized carbons (Fsp3) is 0.750. The van der Waals surface area contributed by atoms with Crippen molar-refractivity contribution in [1.29, 1.82) is 0 Å². The van der Waals surface area contributed by atoms with E-state index in [9.17, 15) is 0 Å². The molecule has 3 nitrogen and oxygen atoms in total. The van der Waals surface area contributed by atoms with E-state index in [0.29, 0.717) is 6.61 Å². The van der Waals surface area contributed by atoms with Gasteiger partial charge >= 0.3 is 7.94 Å². The SMILES string of the molecule is CCCCCCCCCO[P+](CCCCCCCCC)(Oc1ccccc1CCCCCCCCC)Oc1ccccc1CCCCCCCCC. The zero-order valence-corrected chi connectivity index (χ0v) is 35.8. The smallest absolute Gasteiger partial charge is 0.277 e. The predicted molar refractivity (Wildman–Crippen MR) is 231 cm³/mol.